The molecule has 0 aliphatic carbocycles. The normalized spacial score (nSPS) is 10.7. The van der Waals surface area contributed by atoms with Crippen molar-refractivity contribution in [3.8, 4) is 0 Å². The average Bonchev–Trinajstić information content (AvgIpc) is 2.65. The highest BCUT2D eigenvalue weighted by Crippen LogP contribution is 2.26. The molecular formula is C19H14Cl2N4S. The summed E-state index contributed by atoms with van der Waals surface area (Å²) in [7, 11) is 0. The second kappa shape index (κ2) is 8.76. The van der Waals surface area contributed by atoms with Gasteiger partial charge in [-0.05, 0) is 66.8 Å². The summed E-state index contributed by atoms with van der Waals surface area (Å²) in [4.78, 5) is 0. The molecule has 0 aliphatic rings. The third kappa shape index (κ3) is 5.26. The number of hydrogen-bond donors (Lipinski definition) is 2. The highest BCUT2D eigenvalue weighted by molar-refractivity contribution is 7.80. The minimum Gasteiger partial charge on any atom is -0.332 e. The fourth-order valence-electron chi connectivity index (χ4n) is 2.10. The van der Waals surface area contributed by atoms with Gasteiger partial charge in [-0.25, -0.2) is 0 Å². The Morgan fingerprint density at radius 3 is 2.12 bits per heavy atom. The second-order valence-corrected chi connectivity index (χ2v) is 6.54. The Hall–Kier alpha value is -2.47. The summed E-state index contributed by atoms with van der Waals surface area (Å²) in [5.74, 6) is 0. The smallest absolute Gasteiger partial charge is 0.175 e. The molecule has 0 saturated heterocycles. The van der Waals surface area contributed by atoms with Crippen LogP contribution >= 0.6 is 35.4 Å². The van der Waals surface area contributed by atoms with Gasteiger partial charge in [-0.15, -0.1) is 0 Å². The largest absolute Gasteiger partial charge is 0.332 e. The standard InChI is InChI=1S/C19H14Cl2N4S/c20-13-6-11-17(21)18(12-13)23-19(26)22-14-7-9-16(10-8-14)25-24-15-4-2-1-3-5-15/h1-12H,(H2,22,23,26). The lowest BCUT2D eigenvalue weighted by Gasteiger charge is -2.12. The van der Waals surface area contributed by atoms with E-state index in [1.807, 2.05) is 54.6 Å². The summed E-state index contributed by atoms with van der Waals surface area (Å²) in [5.41, 5.74) is 3.01. The molecule has 3 aromatic rings. The Morgan fingerprint density at radius 1 is 0.769 bits per heavy atom. The SMILES string of the molecule is S=C(Nc1ccc(N=Nc2ccccc2)cc1)Nc1cc(Cl)ccc1Cl. The van der Waals surface area contributed by atoms with E-state index in [2.05, 4.69) is 20.9 Å². The van der Waals surface area contributed by atoms with Gasteiger partial charge in [0.05, 0.1) is 22.1 Å². The van der Waals surface area contributed by atoms with E-state index < -0.39 is 0 Å². The molecule has 0 radical (unpaired) electrons. The molecule has 0 heterocycles. The van der Waals surface area contributed by atoms with Crippen LogP contribution in [0, 0.1) is 0 Å². The molecule has 0 aromatic heterocycles. The molecule has 130 valence electrons. The quantitative estimate of drug-likeness (QED) is 0.358. The predicted octanol–water partition coefficient (Wildman–Crippen LogP) is 7.22. The summed E-state index contributed by atoms with van der Waals surface area (Å²) < 4.78 is 0. The number of anilines is 2. The molecule has 7 heteroatoms. The van der Waals surface area contributed by atoms with Gasteiger partial charge in [0, 0.05) is 10.7 Å². The zero-order valence-corrected chi connectivity index (χ0v) is 15.8. The van der Waals surface area contributed by atoms with Crippen molar-refractivity contribution >= 4 is 63.3 Å². The third-order valence-corrected chi connectivity index (χ3v) is 4.11. The summed E-state index contributed by atoms with van der Waals surface area (Å²) in [6, 6.07) is 22.1. The third-order valence-electron chi connectivity index (χ3n) is 3.34. The predicted molar refractivity (Wildman–Crippen MR) is 113 cm³/mol. The van der Waals surface area contributed by atoms with Gasteiger partial charge in [0.25, 0.3) is 0 Å². The Labute approximate surface area is 166 Å². The molecular weight excluding hydrogens is 387 g/mol. The highest BCUT2D eigenvalue weighted by atomic mass is 35.5. The van der Waals surface area contributed by atoms with Crippen LogP contribution in [0.25, 0.3) is 0 Å². The minimum absolute atomic E-state index is 0.410. The van der Waals surface area contributed by atoms with Gasteiger partial charge in [-0.2, -0.15) is 10.2 Å². The van der Waals surface area contributed by atoms with Crippen molar-refractivity contribution in [2.75, 3.05) is 10.6 Å². The van der Waals surface area contributed by atoms with Crippen LogP contribution in [0.5, 0.6) is 0 Å². The first kappa shape index (κ1) is 18.3. The van der Waals surface area contributed by atoms with Crippen LogP contribution in [0.4, 0.5) is 22.7 Å². The molecule has 4 nitrogen and oxygen atoms in total. The van der Waals surface area contributed by atoms with Crippen molar-refractivity contribution < 1.29 is 0 Å². The first-order valence-corrected chi connectivity index (χ1v) is 8.86. The molecule has 26 heavy (non-hydrogen) atoms. The molecule has 0 unspecified atom stereocenters. The van der Waals surface area contributed by atoms with E-state index >= 15 is 0 Å². The number of thiocarbonyl (C=S) groups is 1. The fraction of sp³-hybridized carbons (Fsp3) is 0. The van der Waals surface area contributed by atoms with E-state index in [-0.39, 0.29) is 0 Å². The molecule has 0 bridgehead atoms. The summed E-state index contributed by atoms with van der Waals surface area (Å²) in [6.07, 6.45) is 0. The number of rotatable bonds is 4. The number of benzene rings is 3. The van der Waals surface area contributed by atoms with Gasteiger partial charge in [0.2, 0.25) is 0 Å². The average molecular weight is 401 g/mol. The lowest BCUT2D eigenvalue weighted by atomic mass is 10.3. The number of halogens is 2. The Balaban J connectivity index is 1.61. The highest BCUT2D eigenvalue weighted by Gasteiger charge is 2.04. The lowest BCUT2D eigenvalue weighted by Crippen LogP contribution is -2.19. The maximum absolute atomic E-state index is 6.12. The van der Waals surface area contributed by atoms with Crippen LogP contribution in [0.15, 0.2) is 83.0 Å². The van der Waals surface area contributed by atoms with Crippen molar-refractivity contribution in [2.24, 2.45) is 10.2 Å². The maximum atomic E-state index is 6.12. The second-order valence-electron chi connectivity index (χ2n) is 5.29. The van der Waals surface area contributed by atoms with Gasteiger partial charge < -0.3 is 10.6 Å². The van der Waals surface area contributed by atoms with Gasteiger partial charge in [0.1, 0.15) is 0 Å². The van der Waals surface area contributed by atoms with Crippen molar-refractivity contribution in [1.82, 2.24) is 0 Å². The number of azo groups is 1. The molecule has 0 fully saturated rings. The van der Waals surface area contributed by atoms with Crippen molar-refractivity contribution in [1.29, 1.82) is 0 Å². The van der Waals surface area contributed by atoms with Crippen molar-refractivity contribution in [3.63, 3.8) is 0 Å². The lowest BCUT2D eigenvalue weighted by molar-refractivity contribution is 1.23. The Bertz CT molecular complexity index is 928. The first-order chi connectivity index (χ1) is 12.6. The molecule has 3 rings (SSSR count). The molecule has 0 saturated carbocycles. The fourth-order valence-corrected chi connectivity index (χ4v) is 2.66. The molecule has 0 aliphatic heterocycles. The topological polar surface area (TPSA) is 48.8 Å². The number of nitrogens with one attached hydrogen (secondary N) is 2. The van der Waals surface area contributed by atoms with Gasteiger partial charge in [0.15, 0.2) is 5.11 Å². The van der Waals surface area contributed by atoms with Crippen molar-refractivity contribution in [2.45, 2.75) is 0 Å². The van der Waals surface area contributed by atoms with E-state index in [0.29, 0.717) is 20.8 Å². The van der Waals surface area contributed by atoms with E-state index in [1.54, 1.807) is 18.2 Å². The van der Waals surface area contributed by atoms with Crippen molar-refractivity contribution in [3.05, 3.63) is 82.8 Å². The van der Waals surface area contributed by atoms with Crippen LogP contribution in [-0.4, -0.2) is 5.11 Å². The van der Waals surface area contributed by atoms with Gasteiger partial charge in [-0.1, -0.05) is 41.4 Å². The molecule has 0 atom stereocenters. The summed E-state index contributed by atoms with van der Waals surface area (Å²) in [5, 5.41) is 16.0. The Kier molecular flexibility index (Phi) is 6.17. The Morgan fingerprint density at radius 2 is 1.42 bits per heavy atom. The monoisotopic (exact) mass is 400 g/mol. The van der Waals surface area contributed by atoms with Gasteiger partial charge >= 0.3 is 0 Å². The zero-order valence-electron chi connectivity index (χ0n) is 13.5. The molecule has 2 N–H and O–H groups in total. The van der Waals surface area contributed by atoms with Crippen LogP contribution in [0.1, 0.15) is 0 Å². The number of hydrogen-bond acceptors (Lipinski definition) is 3. The number of nitrogens with zero attached hydrogens (tertiary/aromatic N) is 2. The van der Waals surface area contributed by atoms with E-state index in [0.717, 1.165) is 17.1 Å². The van der Waals surface area contributed by atoms with Crippen LogP contribution in [0.2, 0.25) is 10.0 Å². The van der Waals surface area contributed by atoms with E-state index in [1.165, 1.54) is 0 Å². The first-order valence-electron chi connectivity index (χ1n) is 7.70. The minimum atomic E-state index is 0.410. The zero-order chi connectivity index (χ0) is 18.4. The van der Waals surface area contributed by atoms with Crippen LogP contribution < -0.4 is 10.6 Å². The summed E-state index contributed by atoms with van der Waals surface area (Å²) >= 11 is 17.4. The molecule has 0 spiro atoms. The van der Waals surface area contributed by atoms with Gasteiger partial charge in [-0.3, -0.25) is 0 Å². The summed E-state index contributed by atoms with van der Waals surface area (Å²) in [6.45, 7) is 0. The van der Waals surface area contributed by atoms with E-state index in [4.69, 9.17) is 35.4 Å². The molecule has 0 amide bonds. The maximum Gasteiger partial charge on any atom is 0.175 e. The molecule has 3 aromatic carbocycles. The van der Waals surface area contributed by atoms with E-state index in [9.17, 15) is 0 Å². The van der Waals surface area contributed by atoms with Crippen LogP contribution in [-0.2, 0) is 0 Å². The van der Waals surface area contributed by atoms with Crippen LogP contribution in [0.3, 0.4) is 0 Å².